The second-order valence-corrected chi connectivity index (χ2v) is 10.2. The molecule has 0 saturated carbocycles. The second kappa shape index (κ2) is 10.4. The normalized spacial score (nSPS) is 14.6. The first-order valence-electron chi connectivity index (χ1n) is 12.7. The quantitative estimate of drug-likeness (QED) is 0.413. The van der Waals surface area contributed by atoms with Gasteiger partial charge in [-0.15, -0.1) is 0 Å². The number of hydrogen-bond donors (Lipinski definition) is 1. The Bertz CT molecular complexity index is 1560. The lowest BCUT2D eigenvalue weighted by molar-refractivity contribution is 0.0886. The molecule has 1 fully saturated rings. The van der Waals surface area contributed by atoms with Crippen molar-refractivity contribution in [3.05, 3.63) is 78.0 Å². The van der Waals surface area contributed by atoms with Crippen molar-refractivity contribution in [2.45, 2.75) is 39.2 Å². The third kappa shape index (κ3) is 5.21. The van der Waals surface area contributed by atoms with Crippen LogP contribution in [0.15, 0.2) is 61.2 Å². The molecule has 0 spiro atoms. The zero-order valence-corrected chi connectivity index (χ0v) is 21.8. The summed E-state index contributed by atoms with van der Waals surface area (Å²) in [5.41, 5.74) is 3.99. The van der Waals surface area contributed by atoms with Gasteiger partial charge in [0.25, 0.3) is 5.91 Å². The molecule has 0 unspecified atom stereocenters. The number of rotatable bonds is 4. The summed E-state index contributed by atoms with van der Waals surface area (Å²) >= 11 is 0. The van der Waals surface area contributed by atoms with E-state index in [9.17, 15) is 10.1 Å². The number of nitrogens with one attached hydrogen (secondary N) is 1. The molecule has 8 nitrogen and oxygen atoms in total. The van der Waals surface area contributed by atoms with Crippen LogP contribution in [0, 0.1) is 29.1 Å². The molecule has 1 aliphatic rings. The van der Waals surface area contributed by atoms with Gasteiger partial charge in [0.05, 0.1) is 17.3 Å². The number of anilines is 1. The number of nitrogens with zero attached hydrogens (tertiary/aromatic N) is 6. The molecule has 0 aromatic carbocycles. The Morgan fingerprint density at radius 3 is 2.61 bits per heavy atom. The maximum absolute atomic E-state index is 12.6. The Morgan fingerprint density at radius 1 is 1.13 bits per heavy atom. The second-order valence-electron chi connectivity index (χ2n) is 10.2. The molecular formula is C30H29N7O. The Hall–Kier alpha value is -4.69. The van der Waals surface area contributed by atoms with E-state index in [1.54, 1.807) is 29.0 Å². The molecule has 190 valence electrons. The number of aromatic nitrogens is 4. The van der Waals surface area contributed by atoms with Crippen LogP contribution < -0.4 is 10.2 Å². The van der Waals surface area contributed by atoms with E-state index >= 15 is 0 Å². The smallest absolute Gasteiger partial charge is 0.270 e. The molecule has 8 heteroatoms. The number of pyridine rings is 3. The van der Waals surface area contributed by atoms with Crippen molar-refractivity contribution in [3.63, 3.8) is 0 Å². The highest BCUT2D eigenvalue weighted by Gasteiger charge is 2.32. The third-order valence-corrected chi connectivity index (χ3v) is 6.80. The Morgan fingerprint density at radius 2 is 1.95 bits per heavy atom. The zero-order chi connectivity index (χ0) is 26.7. The molecule has 4 aromatic rings. The van der Waals surface area contributed by atoms with Crippen LogP contribution in [0.5, 0.6) is 0 Å². The molecular weight excluding hydrogens is 474 g/mol. The van der Waals surface area contributed by atoms with Gasteiger partial charge in [-0.1, -0.05) is 31.8 Å². The van der Waals surface area contributed by atoms with Crippen LogP contribution in [0.2, 0.25) is 0 Å². The van der Waals surface area contributed by atoms with Crippen LogP contribution >= 0.6 is 0 Å². The minimum absolute atomic E-state index is 0.146. The first-order valence-corrected chi connectivity index (χ1v) is 12.7. The highest BCUT2D eigenvalue weighted by molar-refractivity contribution is 5.92. The average Bonchev–Trinajstić information content (AvgIpc) is 3.35. The number of hydrogen-bond acceptors (Lipinski definition) is 6. The molecule has 1 saturated heterocycles. The van der Waals surface area contributed by atoms with Gasteiger partial charge in [-0.3, -0.25) is 9.78 Å². The standard InChI is InChI=1S/C30H29N7O/c1-21(2)7-8-22-16-25(28-24(17-31)19-34-37(28)20-22)23-9-10-27(33-18-23)36-14-11-30(3,12-15-36)35-29(38)26-6-4-5-13-32-26/h4-6,9-10,13,16,18-21H,11-12,14-15H2,1-3H3,(H,35,38). The largest absolute Gasteiger partial charge is 0.356 e. The molecule has 5 rings (SSSR count). The van der Waals surface area contributed by atoms with E-state index in [0.717, 1.165) is 54.0 Å². The maximum Gasteiger partial charge on any atom is 0.270 e. The average molecular weight is 504 g/mol. The Kier molecular flexibility index (Phi) is 6.81. The predicted octanol–water partition coefficient (Wildman–Crippen LogP) is 4.46. The zero-order valence-electron chi connectivity index (χ0n) is 21.8. The molecule has 0 aliphatic carbocycles. The lowest BCUT2D eigenvalue weighted by Gasteiger charge is -2.40. The number of fused-ring (bicyclic) bond motifs is 1. The first kappa shape index (κ1) is 25.0. The van der Waals surface area contributed by atoms with Crippen molar-refractivity contribution < 1.29 is 4.79 Å². The summed E-state index contributed by atoms with van der Waals surface area (Å²) in [5, 5.41) is 17.2. The van der Waals surface area contributed by atoms with Crippen molar-refractivity contribution in [1.82, 2.24) is 24.9 Å². The van der Waals surface area contributed by atoms with Crippen LogP contribution in [-0.2, 0) is 0 Å². The SMILES string of the molecule is CC(C)C#Cc1cc(-c2ccc(N3CCC(C)(NC(=O)c4ccccn4)CC3)nc2)c2c(C#N)cnn2c1. The van der Waals surface area contributed by atoms with Crippen molar-refractivity contribution in [1.29, 1.82) is 5.26 Å². The number of amides is 1. The highest BCUT2D eigenvalue weighted by atomic mass is 16.2. The lowest BCUT2D eigenvalue weighted by Crippen LogP contribution is -2.53. The summed E-state index contributed by atoms with van der Waals surface area (Å²) in [6.07, 6.45) is 8.51. The first-order chi connectivity index (χ1) is 18.3. The monoisotopic (exact) mass is 503 g/mol. The van der Waals surface area contributed by atoms with E-state index < -0.39 is 0 Å². The van der Waals surface area contributed by atoms with E-state index in [-0.39, 0.29) is 17.4 Å². The highest BCUT2D eigenvalue weighted by Crippen LogP contribution is 2.30. The summed E-state index contributed by atoms with van der Waals surface area (Å²) in [4.78, 5) is 23.8. The molecule has 1 N–H and O–H groups in total. The van der Waals surface area contributed by atoms with E-state index in [1.165, 1.54) is 0 Å². The fourth-order valence-electron chi connectivity index (χ4n) is 4.64. The van der Waals surface area contributed by atoms with Gasteiger partial charge < -0.3 is 10.2 Å². The molecule has 5 heterocycles. The fraction of sp³-hybridized carbons (Fsp3) is 0.300. The van der Waals surface area contributed by atoms with Gasteiger partial charge in [-0.05, 0) is 50.1 Å². The number of carbonyl (C=O) groups excluding carboxylic acids is 1. The number of piperidine rings is 1. The molecule has 1 amide bonds. The van der Waals surface area contributed by atoms with Gasteiger partial charge in [0, 0.05) is 59.8 Å². The molecule has 0 bridgehead atoms. The topological polar surface area (TPSA) is 99.2 Å². The summed E-state index contributed by atoms with van der Waals surface area (Å²) in [5.74, 6) is 7.39. The van der Waals surface area contributed by atoms with Crippen LogP contribution in [0.4, 0.5) is 5.82 Å². The Labute approximate surface area is 222 Å². The summed E-state index contributed by atoms with van der Waals surface area (Å²) in [6.45, 7) is 7.73. The van der Waals surface area contributed by atoms with Crippen molar-refractivity contribution >= 4 is 17.2 Å². The van der Waals surface area contributed by atoms with Crippen LogP contribution in [0.3, 0.4) is 0 Å². The minimum atomic E-state index is -0.302. The fourth-order valence-corrected chi connectivity index (χ4v) is 4.64. The van der Waals surface area contributed by atoms with Gasteiger partial charge in [0.15, 0.2) is 0 Å². The van der Waals surface area contributed by atoms with Crippen LogP contribution in [-0.4, -0.2) is 44.1 Å². The van der Waals surface area contributed by atoms with Gasteiger partial charge in [0.2, 0.25) is 0 Å². The number of nitriles is 1. The van der Waals surface area contributed by atoms with Gasteiger partial charge in [-0.25, -0.2) is 9.50 Å². The van der Waals surface area contributed by atoms with Crippen LogP contribution in [0.25, 0.3) is 16.6 Å². The molecule has 1 aliphatic heterocycles. The van der Waals surface area contributed by atoms with Gasteiger partial charge in [0.1, 0.15) is 17.6 Å². The summed E-state index contributed by atoms with van der Waals surface area (Å²) in [6, 6.07) is 13.6. The third-order valence-electron chi connectivity index (χ3n) is 6.80. The van der Waals surface area contributed by atoms with Gasteiger partial charge in [-0.2, -0.15) is 10.4 Å². The maximum atomic E-state index is 12.6. The molecule has 0 atom stereocenters. The molecule has 0 radical (unpaired) electrons. The summed E-state index contributed by atoms with van der Waals surface area (Å²) < 4.78 is 1.72. The van der Waals surface area contributed by atoms with Crippen molar-refractivity contribution in [2.75, 3.05) is 18.0 Å². The van der Waals surface area contributed by atoms with Crippen LogP contribution in [0.1, 0.15) is 55.2 Å². The van der Waals surface area contributed by atoms with E-state index in [0.29, 0.717) is 11.3 Å². The Balaban J connectivity index is 1.34. The van der Waals surface area contributed by atoms with Crippen molar-refractivity contribution in [2.24, 2.45) is 5.92 Å². The van der Waals surface area contributed by atoms with Gasteiger partial charge >= 0.3 is 0 Å². The summed E-state index contributed by atoms with van der Waals surface area (Å²) in [7, 11) is 0. The lowest BCUT2D eigenvalue weighted by atomic mass is 9.89. The number of carbonyl (C=O) groups is 1. The van der Waals surface area contributed by atoms with Crippen molar-refractivity contribution in [3.8, 4) is 29.0 Å². The van der Waals surface area contributed by atoms with E-state index in [4.69, 9.17) is 4.98 Å². The predicted molar refractivity (Wildman–Crippen MR) is 146 cm³/mol. The molecule has 38 heavy (non-hydrogen) atoms. The van der Waals surface area contributed by atoms with E-state index in [2.05, 4.69) is 45.1 Å². The van der Waals surface area contributed by atoms with E-state index in [1.807, 2.05) is 50.5 Å². The minimum Gasteiger partial charge on any atom is -0.356 e. The molecule has 4 aromatic heterocycles.